The zero-order chi connectivity index (χ0) is 24.2. The Bertz CT molecular complexity index is 999. The van der Waals surface area contributed by atoms with E-state index in [9.17, 15) is 15.3 Å². The molecule has 0 aliphatic heterocycles. The monoisotopic (exact) mass is 456 g/mol. The maximum Gasteiger partial charge on any atom is 0.139 e. The third kappa shape index (κ3) is 5.36. The molecule has 0 aliphatic rings. The number of anilines is 2. The minimum atomic E-state index is -0.0339. The number of benzene rings is 2. The Balaban J connectivity index is 2.68. The lowest BCUT2D eigenvalue weighted by Gasteiger charge is -2.32. The van der Waals surface area contributed by atoms with Gasteiger partial charge in [-0.05, 0) is 62.9 Å². The molecular weight excluding hydrogens is 420 g/mol. The summed E-state index contributed by atoms with van der Waals surface area (Å²) in [4.78, 5) is 3.98. The number of nitrogens with zero attached hydrogens (tertiary/aromatic N) is 2. The Morgan fingerprint density at radius 2 is 1.69 bits per heavy atom. The number of phenols is 3. The molecule has 0 radical (unpaired) electrons. The summed E-state index contributed by atoms with van der Waals surface area (Å²) in [7, 11) is 0. The van der Waals surface area contributed by atoms with Gasteiger partial charge in [-0.25, -0.2) is 0 Å². The molecule has 32 heavy (non-hydrogen) atoms. The number of hydrogen-bond acceptors (Lipinski definition) is 6. The van der Waals surface area contributed by atoms with Gasteiger partial charge in [0.1, 0.15) is 17.2 Å². The SMILES string of the molecule is C=C(S)N(/C(=C\C)c1cc(C(C)C)c(O)cc1O)c1ccc(O)c(N(CCC)C(C)C)c1. The van der Waals surface area contributed by atoms with Crippen molar-refractivity contribution in [1.82, 2.24) is 0 Å². The molecule has 0 atom stereocenters. The number of hydrogen-bond donors (Lipinski definition) is 4. The fourth-order valence-electron chi connectivity index (χ4n) is 3.87. The normalized spacial score (nSPS) is 11.8. The van der Waals surface area contributed by atoms with E-state index in [0.717, 1.165) is 29.9 Å². The number of rotatable bonds is 9. The second-order valence-electron chi connectivity index (χ2n) is 8.47. The van der Waals surface area contributed by atoms with Crippen molar-refractivity contribution in [2.45, 2.75) is 59.9 Å². The molecular formula is C26H36N2O3S. The predicted octanol–water partition coefficient (Wildman–Crippen LogP) is 6.82. The fourth-order valence-corrected chi connectivity index (χ4v) is 4.10. The average Bonchev–Trinajstić information content (AvgIpc) is 2.71. The van der Waals surface area contributed by atoms with Crippen LogP contribution in [0, 0.1) is 0 Å². The van der Waals surface area contributed by atoms with Crippen LogP contribution >= 0.6 is 12.6 Å². The van der Waals surface area contributed by atoms with Crippen molar-refractivity contribution in [3.05, 3.63) is 59.1 Å². The molecule has 2 aromatic rings. The van der Waals surface area contributed by atoms with E-state index >= 15 is 0 Å². The van der Waals surface area contributed by atoms with Gasteiger partial charge in [0.25, 0.3) is 0 Å². The van der Waals surface area contributed by atoms with Crippen molar-refractivity contribution in [2.75, 3.05) is 16.3 Å². The molecule has 0 bridgehead atoms. The van der Waals surface area contributed by atoms with Gasteiger partial charge in [-0.1, -0.05) is 33.4 Å². The van der Waals surface area contributed by atoms with Crippen LogP contribution in [-0.2, 0) is 0 Å². The first-order valence-electron chi connectivity index (χ1n) is 11.0. The third-order valence-electron chi connectivity index (χ3n) is 5.43. The van der Waals surface area contributed by atoms with Gasteiger partial charge in [0.2, 0.25) is 0 Å². The molecule has 0 fully saturated rings. The molecule has 0 aromatic heterocycles. The molecule has 5 nitrogen and oxygen atoms in total. The topological polar surface area (TPSA) is 67.2 Å². The summed E-state index contributed by atoms with van der Waals surface area (Å²) in [6.45, 7) is 17.0. The van der Waals surface area contributed by atoms with Crippen LogP contribution in [0.25, 0.3) is 5.70 Å². The Kier molecular flexibility index (Phi) is 8.56. The van der Waals surface area contributed by atoms with Crippen molar-refractivity contribution in [2.24, 2.45) is 0 Å². The lowest BCUT2D eigenvalue weighted by Crippen LogP contribution is -2.31. The summed E-state index contributed by atoms with van der Waals surface area (Å²) >= 11 is 4.55. The summed E-state index contributed by atoms with van der Waals surface area (Å²) in [5.74, 6) is 0.312. The van der Waals surface area contributed by atoms with Gasteiger partial charge in [-0.15, -0.1) is 12.6 Å². The summed E-state index contributed by atoms with van der Waals surface area (Å²) in [5, 5.41) is 32.0. The molecule has 6 heteroatoms. The minimum Gasteiger partial charge on any atom is -0.508 e. The molecule has 0 saturated carbocycles. The van der Waals surface area contributed by atoms with Gasteiger partial charge in [-0.3, -0.25) is 0 Å². The average molecular weight is 457 g/mol. The Hall–Kier alpha value is -2.73. The van der Waals surface area contributed by atoms with Gasteiger partial charge >= 0.3 is 0 Å². The van der Waals surface area contributed by atoms with Crippen LogP contribution in [0.1, 0.15) is 65.0 Å². The third-order valence-corrected chi connectivity index (χ3v) is 5.63. The van der Waals surface area contributed by atoms with E-state index in [1.54, 1.807) is 18.2 Å². The molecule has 0 unspecified atom stereocenters. The first-order valence-corrected chi connectivity index (χ1v) is 11.5. The van der Waals surface area contributed by atoms with E-state index in [1.807, 2.05) is 37.8 Å². The first kappa shape index (κ1) is 25.5. The number of phenolic OH excluding ortho intramolecular Hbond substituents is 3. The highest BCUT2D eigenvalue weighted by Gasteiger charge is 2.23. The van der Waals surface area contributed by atoms with E-state index in [2.05, 4.69) is 44.9 Å². The van der Waals surface area contributed by atoms with Gasteiger partial charge in [0.05, 0.1) is 16.4 Å². The zero-order valence-corrected chi connectivity index (χ0v) is 20.8. The summed E-state index contributed by atoms with van der Waals surface area (Å²) in [6.07, 6.45) is 2.82. The van der Waals surface area contributed by atoms with E-state index in [-0.39, 0.29) is 29.2 Å². The summed E-state index contributed by atoms with van der Waals surface area (Å²) in [6, 6.07) is 8.76. The largest absolute Gasteiger partial charge is 0.508 e. The molecule has 0 saturated heterocycles. The van der Waals surface area contributed by atoms with E-state index in [1.165, 1.54) is 6.07 Å². The molecule has 3 N–H and O–H groups in total. The Morgan fingerprint density at radius 3 is 2.19 bits per heavy atom. The second kappa shape index (κ2) is 10.7. The van der Waals surface area contributed by atoms with Gasteiger partial charge in [-0.2, -0.15) is 0 Å². The maximum absolute atomic E-state index is 10.7. The van der Waals surface area contributed by atoms with E-state index in [4.69, 9.17) is 0 Å². The second-order valence-corrected chi connectivity index (χ2v) is 8.98. The van der Waals surface area contributed by atoms with Crippen molar-refractivity contribution < 1.29 is 15.3 Å². The van der Waals surface area contributed by atoms with Gasteiger partial charge < -0.3 is 25.1 Å². The number of thiol groups is 1. The lowest BCUT2D eigenvalue weighted by molar-refractivity contribution is 0.443. The molecule has 2 aromatic carbocycles. The van der Waals surface area contributed by atoms with Crippen LogP contribution in [0.5, 0.6) is 17.2 Å². The van der Waals surface area contributed by atoms with Crippen molar-refractivity contribution in [3.8, 4) is 17.2 Å². The molecule has 174 valence electrons. The van der Waals surface area contributed by atoms with Crippen molar-refractivity contribution in [3.63, 3.8) is 0 Å². The predicted molar refractivity (Wildman–Crippen MR) is 139 cm³/mol. The number of allylic oxidation sites excluding steroid dienone is 1. The van der Waals surface area contributed by atoms with E-state index < -0.39 is 0 Å². The van der Waals surface area contributed by atoms with Crippen molar-refractivity contribution in [1.29, 1.82) is 0 Å². The Morgan fingerprint density at radius 1 is 1.03 bits per heavy atom. The standard InChI is InChI=1S/C26H36N2O3S/c1-8-12-27(17(5)6)23-13-19(10-11-24(23)29)28(18(7)32)22(9-2)21-14-20(16(3)4)25(30)15-26(21)31/h9-11,13-17,29-32H,7-8,12H2,1-6H3/b22-9-. The zero-order valence-electron chi connectivity index (χ0n) is 19.9. The highest BCUT2D eigenvalue weighted by atomic mass is 32.1. The molecule has 0 aliphatic carbocycles. The smallest absolute Gasteiger partial charge is 0.139 e. The molecule has 2 rings (SSSR count). The summed E-state index contributed by atoms with van der Waals surface area (Å²) < 4.78 is 0. The number of aromatic hydroxyl groups is 3. The molecule has 0 heterocycles. The van der Waals surface area contributed by atoms with Crippen LogP contribution in [-0.4, -0.2) is 27.9 Å². The van der Waals surface area contributed by atoms with E-state index in [0.29, 0.717) is 16.3 Å². The molecule has 0 amide bonds. The lowest BCUT2D eigenvalue weighted by atomic mass is 9.97. The van der Waals surface area contributed by atoms with Crippen molar-refractivity contribution >= 4 is 29.7 Å². The molecule has 0 spiro atoms. The van der Waals surface area contributed by atoms with Gasteiger partial charge in [0.15, 0.2) is 0 Å². The highest BCUT2D eigenvalue weighted by molar-refractivity contribution is 7.84. The Labute approximate surface area is 197 Å². The first-order chi connectivity index (χ1) is 15.0. The van der Waals surface area contributed by atoms with Crippen LogP contribution in [0.3, 0.4) is 0 Å². The highest BCUT2D eigenvalue weighted by Crippen LogP contribution is 2.42. The van der Waals surface area contributed by atoms with Crippen LogP contribution in [0.15, 0.2) is 48.0 Å². The quantitative estimate of drug-likeness (QED) is 0.312. The summed E-state index contributed by atoms with van der Waals surface area (Å²) in [5.41, 5.74) is 3.46. The van der Waals surface area contributed by atoms with Crippen LogP contribution < -0.4 is 9.80 Å². The van der Waals surface area contributed by atoms with Gasteiger partial charge in [0, 0.05) is 29.9 Å². The fraction of sp³-hybridized carbons (Fsp3) is 0.385. The van der Waals surface area contributed by atoms with Crippen LogP contribution in [0.2, 0.25) is 0 Å². The van der Waals surface area contributed by atoms with Crippen LogP contribution in [0.4, 0.5) is 11.4 Å². The minimum absolute atomic E-state index is 0.0339. The maximum atomic E-state index is 10.7.